The van der Waals surface area contributed by atoms with E-state index in [0.29, 0.717) is 54.6 Å². The zero-order valence-corrected chi connectivity index (χ0v) is 23.2. The molecule has 1 spiro atoms. The van der Waals surface area contributed by atoms with E-state index in [0.717, 1.165) is 12.8 Å². The molecule has 2 fully saturated rings. The van der Waals surface area contributed by atoms with E-state index >= 15 is 0 Å². The van der Waals surface area contributed by atoms with E-state index in [2.05, 4.69) is 15.3 Å². The van der Waals surface area contributed by atoms with Gasteiger partial charge in [-0.3, -0.25) is 4.79 Å². The number of piperidine rings is 1. The van der Waals surface area contributed by atoms with Crippen LogP contribution in [0.3, 0.4) is 0 Å². The molecule has 1 unspecified atom stereocenters. The minimum absolute atomic E-state index is 0.0599. The van der Waals surface area contributed by atoms with Gasteiger partial charge >= 0.3 is 12.1 Å². The molecule has 0 bridgehead atoms. The Labute approximate surface area is 241 Å². The Morgan fingerprint density at radius 1 is 1.17 bits per heavy atom. The molecule has 2 atom stereocenters. The lowest BCUT2D eigenvalue weighted by atomic mass is 9.76. The highest BCUT2D eigenvalue weighted by molar-refractivity contribution is 6.30. The summed E-state index contributed by atoms with van der Waals surface area (Å²) in [6.45, 7) is 3.98. The fourth-order valence-electron chi connectivity index (χ4n) is 5.62. The van der Waals surface area contributed by atoms with E-state index in [1.165, 1.54) is 24.3 Å². The molecule has 2 saturated heterocycles. The Kier molecular flexibility index (Phi) is 8.28. The van der Waals surface area contributed by atoms with Crippen LogP contribution in [-0.4, -0.2) is 54.4 Å². The Bertz CT molecular complexity index is 1380. The van der Waals surface area contributed by atoms with Crippen LogP contribution in [0, 0.1) is 5.41 Å². The second kappa shape index (κ2) is 11.7. The van der Waals surface area contributed by atoms with Crippen molar-refractivity contribution in [2.75, 3.05) is 36.9 Å². The highest BCUT2D eigenvalue weighted by atomic mass is 35.5. The summed E-state index contributed by atoms with van der Waals surface area (Å²) >= 11 is 6.16. The van der Waals surface area contributed by atoms with Gasteiger partial charge in [-0.2, -0.15) is 23.1 Å². The first-order valence-electron chi connectivity index (χ1n) is 13.4. The standard InChI is InChI=1S/C29H31ClF3N5O3/c1-2-40-26(39)22-16-28(17-35-22)10-12-38(13-11-28)23-15-24(37-27(34)36-23)41-25(29(31,32)33)20-9-8-19(30)14-21(20)18-6-4-3-5-7-18/h3-9,14-15,22,25,35H,2,10-13,16-17H2,1H3,(H2,34,36,37)/t22?,25-/m1/s1. The number of alkyl halides is 3. The zero-order chi connectivity index (χ0) is 29.2. The Balaban J connectivity index is 1.36. The van der Waals surface area contributed by atoms with Gasteiger partial charge in [0.2, 0.25) is 17.9 Å². The van der Waals surface area contributed by atoms with Gasteiger partial charge in [-0.05, 0) is 54.9 Å². The van der Waals surface area contributed by atoms with Gasteiger partial charge in [0.05, 0.1) is 6.61 Å². The number of halogens is 4. The number of hydrogen-bond donors (Lipinski definition) is 2. The van der Waals surface area contributed by atoms with Crippen molar-refractivity contribution >= 4 is 29.3 Å². The maximum Gasteiger partial charge on any atom is 0.429 e. The number of aromatic nitrogens is 2. The van der Waals surface area contributed by atoms with Gasteiger partial charge in [-0.1, -0.05) is 48.0 Å². The highest BCUT2D eigenvalue weighted by Crippen LogP contribution is 2.43. The van der Waals surface area contributed by atoms with E-state index in [1.54, 1.807) is 37.3 Å². The molecule has 41 heavy (non-hydrogen) atoms. The fourth-order valence-corrected chi connectivity index (χ4v) is 5.79. The van der Waals surface area contributed by atoms with Gasteiger partial charge < -0.3 is 25.4 Å². The van der Waals surface area contributed by atoms with Gasteiger partial charge in [0.15, 0.2) is 0 Å². The summed E-state index contributed by atoms with van der Waals surface area (Å²) in [7, 11) is 0. The lowest BCUT2D eigenvalue weighted by Crippen LogP contribution is -2.41. The fraction of sp³-hybridized carbons (Fsp3) is 0.414. The second-order valence-corrected chi connectivity index (χ2v) is 10.9. The molecule has 2 aliphatic rings. The summed E-state index contributed by atoms with van der Waals surface area (Å²) in [5, 5.41) is 3.57. The average molecular weight is 590 g/mol. The summed E-state index contributed by atoms with van der Waals surface area (Å²) < 4.78 is 54.1. The number of ether oxygens (including phenoxy) is 2. The van der Waals surface area contributed by atoms with Crippen LogP contribution in [0.2, 0.25) is 5.02 Å². The van der Waals surface area contributed by atoms with Crippen LogP contribution in [0.4, 0.5) is 24.9 Å². The van der Waals surface area contributed by atoms with Crippen molar-refractivity contribution in [3.05, 3.63) is 65.2 Å². The highest BCUT2D eigenvalue weighted by Gasteiger charge is 2.46. The van der Waals surface area contributed by atoms with Gasteiger partial charge in [-0.15, -0.1) is 0 Å². The van der Waals surface area contributed by atoms with Gasteiger partial charge in [0, 0.05) is 36.3 Å². The molecule has 12 heteroatoms. The van der Waals surface area contributed by atoms with Crippen molar-refractivity contribution in [3.63, 3.8) is 0 Å². The molecular formula is C29H31ClF3N5O3. The normalized spacial score (nSPS) is 19.2. The number of nitrogens with zero attached hydrogens (tertiary/aromatic N) is 3. The van der Waals surface area contributed by atoms with Crippen molar-refractivity contribution in [1.82, 2.24) is 15.3 Å². The Morgan fingerprint density at radius 2 is 1.90 bits per heavy atom. The molecule has 3 N–H and O–H groups in total. The predicted molar refractivity (Wildman–Crippen MR) is 150 cm³/mol. The number of rotatable bonds is 7. The number of esters is 1. The third kappa shape index (κ3) is 6.51. The summed E-state index contributed by atoms with van der Waals surface area (Å²) in [5.41, 5.74) is 6.65. The first-order chi connectivity index (χ1) is 19.6. The molecule has 3 aromatic rings. The van der Waals surface area contributed by atoms with Crippen LogP contribution in [-0.2, 0) is 9.53 Å². The van der Waals surface area contributed by atoms with Gasteiger partial charge in [0.1, 0.15) is 11.9 Å². The minimum atomic E-state index is -4.76. The summed E-state index contributed by atoms with van der Waals surface area (Å²) in [6.07, 6.45) is -4.87. The molecule has 8 nitrogen and oxygen atoms in total. The predicted octanol–water partition coefficient (Wildman–Crippen LogP) is 5.57. The molecular weight excluding hydrogens is 559 g/mol. The number of carbonyl (C=O) groups excluding carboxylic acids is 1. The summed E-state index contributed by atoms with van der Waals surface area (Å²) in [4.78, 5) is 22.4. The van der Waals surface area contributed by atoms with Crippen molar-refractivity contribution in [1.29, 1.82) is 0 Å². The molecule has 218 valence electrons. The monoisotopic (exact) mass is 589 g/mol. The Morgan fingerprint density at radius 3 is 2.59 bits per heavy atom. The third-order valence-electron chi connectivity index (χ3n) is 7.70. The van der Waals surface area contributed by atoms with Crippen LogP contribution < -0.4 is 20.7 Å². The molecule has 2 aromatic carbocycles. The maximum absolute atomic E-state index is 14.5. The molecule has 3 heterocycles. The number of nitrogen functional groups attached to an aromatic ring is 1. The third-order valence-corrected chi connectivity index (χ3v) is 7.94. The lowest BCUT2D eigenvalue weighted by Gasteiger charge is -2.39. The van der Waals surface area contributed by atoms with Crippen LogP contribution >= 0.6 is 11.6 Å². The molecule has 0 amide bonds. The van der Waals surface area contributed by atoms with Gasteiger partial charge in [-0.25, -0.2) is 0 Å². The molecule has 2 aliphatic heterocycles. The lowest BCUT2D eigenvalue weighted by molar-refractivity contribution is -0.198. The quantitative estimate of drug-likeness (QED) is 0.345. The first-order valence-corrected chi connectivity index (χ1v) is 13.8. The Hall–Kier alpha value is -3.57. The van der Waals surface area contributed by atoms with Crippen LogP contribution in [0.25, 0.3) is 11.1 Å². The van der Waals surface area contributed by atoms with E-state index < -0.39 is 12.3 Å². The number of nitrogens with two attached hydrogens (primary N) is 1. The van der Waals surface area contributed by atoms with E-state index in [4.69, 9.17) is 26.8 Å². The first kappa shape index (κ1) is 28.9. The van der Waals surface area contributed by atoms with Crippen molar-refractivity contribution in [2.24, 2.45) is 5.41 Å². The topological polar surface area (TPSA) is 103 Å². The molecule has 0 saturated carbocycles. The number of benzene rings is 2. The van der Waals surface area contributed by atoms with Gasteiger partial charge in [0.25, 0.3) is 0 Å². The molecule has 0 aliphatic carbocycles. The SMILES string of the molecule is CCOC(=O)C1CC2(CCN(c3cc(O[C@H](c4ccc(Cl)cc4-c4ccccc4)C(F)(F)F)nc(N)n3)CC2)CN1. The number of anilines is 2. The number of carbonyl (C=O) groups is 1. The number of hydrogen-bond acceptors (Lipinski definition) is 8. The molecule has 5 rings (SSSR count). The average Bonchev–Trinajstić information content (AvgIpc) is 3.35. The largest absolute Gasteiger partial charge is 0.465 e. The summed E-state index contributed by atoms with van der Waals surface area (Å²) in [6, 6.07) is 13.9. The van der Waals surface area contributed by atoms with Crippen molar-refractivity contribution in [3.8, 4) is 17.0 Å². The van der Waals surface area contributed by atoms with Crippen molar-refractivity contribution in [2.45, 2.75) is 44.5 Å². The maximum atomic E-state index is 14.5. The smallest absolute Gasteiger partial charge is 0.429 e. The van der Waals surface area contributed by atoms with Crippen LogP contribution in [0.5, 0.6) is 5.88 Å². The van der Waals surface area contributed by atoms with E-state index in [1.807, 2.05) is 4.90 Å². The van der Waals surface area contributed by atoms with E-state index in [-0.39, 0.29) is 34.8 Å². The van der Waals surface area contributed by atoms with E-state index in [9.17, 15) is 18.0 Å². The minimum Gasteiger partial charge on any atom is -0.465 e. The van der Waals surface area contributed by atoms with Crippen LogP contribution in [0.15, 0.2) is 54.6 Å². The zero-order valence-electron chi connectivity index (χ0n) is 22.5. The van der Waals surface area contributed by atoms with Crippen molar-refractivity contribution < 1.29 is 27.4 Å². The van der Waals surface area contributed by atoms with Crippen LogP contribution in [0.1, 0.15) is 37.9 Å². The number of nitrogens with one attached hydrogen (secondary N) is 1. The summed E-state index contributed by atoms with van der Waals surface area (Å²) in [5.74, 6) is -0.333. The second-order valence-electron chi connectivity index (χ2n) is 10.4. The molecule has 0 radical (unpaired) electrons. The molecule has 1 aromatic heterocycles.